The van der Waals surface area contributed by atoms with Crippen molar-refractivity contribution in [3.63, 3.8) is 0 Å². The normalized spacial score (nSPS) is 13.1. The molecule has 2 N–H and O–H groups in total. The Balaban J connectivity index is 3.99. The molecule has 8 nitrogen and oxygen atoms in total. The maximum absolute atomic E-state index is 12.4. The van der Waals surface area contributed by atoms with Crippen molar-refractivity contribution in [1.82, 2.24) is 0 Å². The van der Waals surface area contributed by atoms with Crippen LogP contribution in [0.15, 0.2) is 60.8 Å². The molecule has 0 saturated carbocycles. The van der Waals surface area contributed by atoms with Crippen molar-refractivity contribution < 1.29 is 37.9 Å². The van der Waals surface area contributed by atoms with Crippen molar-refractivity contribution in [2.75, 3.05) is 13.2 Å². The summed E-state index contributed by atoms with van der Waals surface area (Å²) in [6.45, 7) is 3.53. The van der Waals surface area contributed by atoms with E-state index in [1.165, 1.54) is 96.3 Å². The molecule has 9 heteroatoms. The van der Waals surface area contributed by atoms with Crippen molar-refractivity contribution in [1.29, 1.82) is 0 Å². The zero-order chi connectivity index (χ0) is 38.9. The Labute approximate surface area is 324 Å². The summed E-state index contributed by atoms with van der Waals surface area (Å²) < 4.78 is 26.3. The number of rotatable bonds is 38. The summed E-state index contributed by atoms with van der Waals surface area (Å²) in [7, 11) is -4.77. The molecule has 1 atom stereocenters. The molecule has 0 aromatic heterocycles. The molecule has 0 aliphatic heterocycles. The van der Waals surface area contributed by atoms with Gasteiger partial charge in [-0.1, -0.05) is 184 Å². The number of carbonyl (C=O) groups is 2. The first-order valence-electron chi connectivity index (χ1n) is 21.1. The summed E-state index contributed by atoms with van der Waals surface area (Å²) >= 11 is 0. The average Bonchev–Trinajstić information content (AvgIpc) is 3.13. The number of phosphoric ester groups is 1. The third-order valence-corrected chi connectivity index (χ3v) is 9.29. The van der Waals surface area contributed by atoms with Crippen LogP contribution in [0.25, 0.3) is 0 Å². The molecule has 0 amide bonds. The minimum absolute atomic E-state index is 0.133. The van der Waals surface area contributed by atoms with Crippen molar-refractivity contribution in [2.24, 2.45) is 0 Å². The molecule has 0 aliphatic carbocycles. The van der Waals surface area contributed by atoms with Gasteiger partial charge in [0, 0.05) is 12.8 Å². The number of allylic oxidation sites excluding steroid dienone is 10. The van der Waals surface area contributed by atoms with Gasteiger partial charge in [0.2, 0.25) is 0 Å². The molecule has 0 aromatic carbocycles. The van der Waals surface area contributed by atoms with Gasteiger partial charge in [-0.3, -0.25) is 14.1 Å². The van der Waals surface area contributed by atoms with Gasteiger partial charge in [0.1, 0.15) is 6.61 Å². The van der Waals surface area contributed by atoms with E-state index in [1.54, 1.807) is 0 Å². The van der Waals surface area contributed by atoms with Gasteiger partial charge in [-0.15, -0.1) is 0 Å². The highest BCUT2D eigenvalue weighted by Crippen LogP contribution is 2.36. The minimum atomic E-state index is -4.77. The first kappa shape index (κ1) is 50.8. The molecular formula is C44H77O8P. The number of phosphoric acid groups is 1. The molecule has 0 bridgehead atoms. The molecule has 0 fully saturated rings. The van der Waals surface area contributed by atoms with Crippen LogP contribution in [0.3, 0.4) is 0 Å². The highest BCUT2D eigenvalue weighted by Gasteiger charge is 2.22. The first-order valence-corrected chi connectivity index (χ1v) is 22.6. The molecule has 0 saturated heterocycles. The molecule has 0 unspecified atom stereocenters. The van der Waals surface area contributed by atoms with E-state index in [1.807, 2.05) is 6.08 Å². The Bertz CT molecular complexity index is 1040. The lowest BCUT2D eigenvalue weighted by molar-refractivity contribution is -0.161. The smallest absolute Gasteiger partial charge is 0.462 e. The lowest BCUT2D eigenvalue weighted by Crippen LogP contribution is -2.29. The van der Waals surface area contributed by atoms with E-state index in [2.05, 4.69) is 73.1 Å². The number of ether oxygens (including phenoxy) is 2. The molecule has 0 rings (SSSR count). The SMILES string of the molecule is CC/C=C\C/C=C\C/C=C\C/C=C\C/C=C\CCCC(=O)O[C@H](COC(=O)CCCCCCCCCCCCCCCCCCCC)COP(=O)(O)O. The van der Waals surface area contributed by atoms with Crippen molar-refractivity contribution >= 4 is 19.8 Å². The summed E-state index contributed by atoms with van der Waals surface area (Å²) in [5, 5.41) is 0. The van der Waals surface area contributed by atoms with Crippen LogP contribution in [0.2, 0.25) is 0 Å². The van der Waals surface area contributed by atoms with Gasteiger partial charge in [-0.2, -0.15) is 0 Å². The molecular weight excluding hydrogens is 687 g/mol. The maximum atomic E-state index is 12.4. The van der Waals surface area contributed by atoms with Gasteiger partial charge in [0.15, 0.2) is 6.10 Å². The van der Waals surface area contributed by atoms with Gasteiger partial charge in [0.25, 0.3) is 0 Å². The number of hydrogen-bond donors (Lipinski definition) is 2. The fourth-order valence-corrected chi connectivity index (χ4v) is 6.06. The van der Waals surface area contributed by atoms with Crippen LogP contribution in [0.5, 0.6) is 0 Å². The fourth-order valence-electron chi connectivity index (χ4n) is 5.70. The van der Waals surface area contributed by atoms with Gasteiger partial charge in [0.05, 0.1) is 6.61 Å². The zero-order valence-electron chi connectivity index (χ0n) is 33.6. The molecule has 0 spiro atoms. The Morgan fingerprint density at radius 3 is 1.34 bits per heavy atom. The van der Waals surface area contributed by atoms with Crippen LogP contribution in [0.4, 0.5) is 0 Å². The van der Waals surface area contributed by atoms with Gasteiger partial charge in [-0.05, 0) is 51.4 Å². The number of carbonyl (C=O) groups excluding carboxylic acids is 2. The predicted octanol–water partition coefficient (Wildman–Crippen LogP) is 12.9. The van der Waals surface area contributed by atoms with E-state index in [9.17, 15) is 14.2 Å². The lowest BCUT2D eigenvalue weighted by Gasteiger charge is -2.18. The van der Waals surface area contributed by atoms with Crippen LogP contribution in [0, 0.1) is 0 Å². The van der Waals surface area contributed by atoms with Crippen LogP contribution >= 0.6 is 7.82 Å². The Morgan fingerprint density at radius 2 is 0.906 bits per heavy atom. The fraction of sp³-hybridized carbons (Fsp3) is 0.727. The maximum Gasteiger partial charge on any atom is 0.469 e. The highest BCUT2D eigenvalue weighted by atomic mass is 31.2. The van der Waals surface area contributed by atoms with Gasteiger partial charge >= 0.3 is 19.8 Å². The lowest BCUT2D eigenvalue weighted by atomic mass is 10.0. The molecule has 0 aromatic rings. The minimum Gasteiger partial charge on any atom is -0.462 e. The summed E-state index contributed by atoms with van der Waals surface area (Å²) in [4.78, 5) is 42.8. The van der Waals surface area contributed by atoms with E-state index in [0.29, 0.717) is 12.8 Å². The summed E-state index contributed by atoms with van der Waals surface area (Å²) in [6, 6.07) is 0. The quantitative estimate of drug-likeness (QED) is 0.0276. The predicted molar refractivity (Wildman–Crippen MR) is 221 cm³/mol. The Hall–Kier alpha value is -2.25. The van der Waals surface area contributed by atoms with E-state index in [0.717, 1.165) is 51.4 Å². The van der Waals surface area contributed by atoms with E-state index >= 15 is 0 Å². The average molecular weight is 765 g/mol. The molecule has 0 radical (unpaired) electrons. The van der Waals surface area contributed by atoms with E-state index in [-0.39, 0.29) is 19.4 Å². The second-order valence-corrected chi connectivity index (χ2v) is 15.2. The first-order chi connectivity index (χ1) is 25.8. The number of esters is 2. The van der Waals surface area contributed by atoms with Crippen molar-refractivity contribution in [3.05, 3.63) is 60.8 Å². The zero-order valence-corrected chi connectivity index (χ0v) is 34.5. The molecule has 0 aliphatic rings. The number of unbranched alkanes of at least 4 members (excludes halogenated alkanes) is 18. The number of hydrogen-bond acceptors (Lipinski definition) is 6. The third-order valence-electron chi connectivity index (χ3n) is 8.80. The van der Waals surface area contributed by atoms with Crippen LogP contribution in [-0.2, 0) is 28.2 Å². The summed E-state index contributed by atoms with van der Waals surface area (Å²) in [5.74, 6) is -0.951. The third kappa shape index (κ3) is 42.4. The van der Waals surface area contributed by atoms with Gasteiger partial charge < -0.3 is 19.3 Å². The van der Waals surface area contributed by atoms with Crippen LogP contribution in [0.1, 0.15) is 187 Å². The Kier molecular flexibility index (Phi) is 37.8. The molecule has 53 heavy (non-hydrogen) atoms. The standard InChI is InChI=1S/C44H77O8P/c1-3-5-7-9-11-13-15-17-19-21-23-24-26-28-30-32-34-36-38-43(45)50-40-42(41-51-53(47,48)49)52-44(46)39-37-35-33-31-29-27-25-22-20-18-16-14-12-10-8-6-4-2/h6,8,12,14,18,20,25,27,31,33,42H,3-5,7,9-11,13,15-17,19,21-24,26,28-30,32,34-41H2,1-2H3,(H2,47,48,49)/b8-6-,14-12-,20-18-,27-25-,33-31-/t42-/m1/s1. The highest BCUT2D eigenvalue weighted by molar-refractivity contribution is 7.46. The van der Waals surface area contributed by atoms with Gasteiger partial charge in [-0.25, -0.2) is 4.57 Å². The largest absolute Gasteiger partial charge is 0.469 e. The van der Waals surface area contributed by atoms with Crippen molar-refractivity contribution in [2.45, 2.75) is 193 Å². The second-order valence-electron chi connectivity index (χ2n) is 13.9. The summed E-state index contributed by atoms with van der Waals surface area (Å²) in [5.41, 5.74) is 0. The molecule has 306 valence electrons. The molecule has 0 heterocycles. The Morgan fingerprint density at radius 1 is 0.509 bits per heavy atom. The monoisotopic (exact) mass is 765 g/mol. The topological polar surface area (TPSA) is 119 Å². The van der Waals surface area contributed by atoms with Crippen LogP contribution in [-0.4, -0.2) is 41.0 Å². The summed E-state index contributed by atoms with van der Waals surface area (Å²) in [6.07, 6.45) is 49.5. The van der Waals surface area contributed by atoms with Crippen LogP contribution < -0.4 is 0 Å². The van der Waals surface area contributed by atoms with E-state index in [4.69, 9.17) is 19.3 Å². The van der Waals surface area contributed by atoms with Crippen molar-refractivity contribution in [3.8, 4) is 0 Å². The second kappa shape index (κ2) is 39.4. The van der Waals surface area contributed by atoms with E-state index < -0.39 is 32.5 Å².